The summed E-state index contributed by atoms with van der Waals surface area (Å²) in [5, 5.41) is 8.13. The van der Waals surface area contributed by atoms with E-state index in [1.54, 1.807) is 13.0 Å². The van der Waals surface area contributed by atoms with Crippen molar-refractivity contribution in [2.75, 3.05) is 6.61 Å². The maximum Gasteiger partial charge on any atom is 0.255 e. The third-order valence-corrected chi connectivity index (χ3v) is 0.975. The van der Waals surface area contributed by atoms with E-state index >= 15 is 0 Å². The molecule has 0 aliphatic heterocycles. The van der Waals surface area contributed by atoms with Crippen molar-refractivity contribution in [3.63, 3.8) is 0 Å². The Morgan fingerprint density at radius 1 is 1.17 bits per heavy atom. The van der Waals surface area contributed by atoms with E-state index in [0.29, 0.717) is 6.61 Å². The second kappa shape index (κ2) is 24.9. The summed E-state index contributed by atoms with van der Waals surface area (Å²) in [6, 6.07) is 1.81. The molecule has 18 heavy (non-hydrogen) atoms. The van der Waals surface area contributed by atoms with Gasteiger partial charge in [0, 0.05) is 0 Å². The lowest BCUT2D eigenvalue weighted by molar-refractivity contribution is 0.266. The summed E-state index contributed by atoms with van der Waals surface area (Å²) >= 11 is 8.69. The molecule has 5 nitrogen and oxygen atoms in total. The summed E-state index contributed by atoms with van der Waals surface area (Å²) in [6.45, 7) is 12.0. The van der Waals surface area contributed by atoms with Gasteiger partial charge in [-0.2, -0.15) is 5.26 Å². The molecular formula is C11H25N3O2S2. The van der Waals surface area contributed by atoms with Gasteiger partial charge in [-0.3, -0.25) is 0 Å². The molecule has 0 bridgehead atoms. The first-order valence-corrected chi connectivity index (χ1v) is 6.53. The lowest BCUT2D eigenvalue weighted by Gasteiger charge is -2.01. The van der Waals surface area contributed by atoms with E-state index in [2.05, 4.69) is 33.9 Å². The molecule has 0 spiro atoms. The van der Waals surface area contributed by atoms with E-state index in [0.717, 1.165) is 0 Å². The number of hydrogen-bond donors (Lipinski definition) is 2. The first-order valence-electron chi connectivity index (χ1n) is 5.71. The first-order chi connectivity index (χ1) is 8.43. The number of rotatable bonds is 2. The zero-order chi connectivity index (χ0) is 15.6. The van der Waals surface area contributed by atoms with Gasteiger partial charge >= 0.3 is 0 Å². The average molecular weight is 295 g/mol. The highest BCUT2D eigenvalue weighted by Gasteiger charge is 1.97. The van der Waals surface area contributed by atoms with Gasteiger partial charge in [0.2, 0.25) is 0 Å². The minimum absolute atomic E-state index is 0.0842. The number of nitriles is 1. The van der Waals surface area contributed by atoms with Crippen LogP contribution < -0.4 is 11.5 Å². The average Bonchev–Trinajstić information content (AvgIpc) is 2.34. The van der Waals surface area contributed by atoms with Gasteiger partial charge in [-0.05, 0) is 38.3 Å². The monoisotopic (exact) mass is 295 g/mol. The zero-order valence-electron chi connectivity index (χ0n) is 12.0. The number of nitrogens with two attached hydrogens (primary N) is 2. The quantitative estimate of drug-likeness (QED) is 0.756. The number of hydrogen-bond acceptors (Lipinski definition) is 5. The van der Waals surface area contributed by atoms with Crippen molar-refractivity contribution in [3.05, 3.63) is 0 Å². The summed E-state index contributed by atoms with van der Waals surface area (Å²) in [7, 11) is 0. The summed E-state index contributed by atoms with van der Waals surface area (Å²) in [5.74, 6) is 0. The van der Waals surface area contributed by atoms with Gasteiger partial charge < -0.3 is 20.9 Å². The van der Waals surface area contributed by atoms with E-state index in [4.69, 9.17) is 16.7 Å². The molecule has 0 aliphatic rings. The standard InChI is InChI=1S/C4H6N2OS.C3H7NOS.2C2H6/c1-3(2-5)7-4(6)8;1-2-5-3(4)6;2*1-2/h3H,1H3,(H2,6,8);2H2,1H3,(H2,4,6);2*1-2H3. The van der Waals surface area contributed by atoms with Gasteiger partial charge in [-0.1, -0.05) is 27.7 Å². The molecule has 0 aromatic heterocycles. The Morgan fingerprint density at radius 3 is 1.61 bits per heavy atom. The predicted octanol–water partition coefficient (Wildman–Crippen LogP) is 2.48. The van der Waals surface area contributed by atoms with Crippen LogP contribution in [0.15, 0.2) is 0 Å². The summed E-state index contributed by atoms with van der Waals surface area (Å²) in [5.41, 5.74) is 9.84. The first kappa shape index (κ1) is 25.7. The van der Waals surface area contributed by atoms with E-state index < -0.39 is 6.10 Å². The summed E-state index contributed by atoms with van der Waals surface area (Å²) < 4.78 is 9.10. The van der Waals surface area contributed by atoms with Crippen LogP contribution >= 0.6 is 24.4 Å². The minimum atomic E-state index is -0.535. The van der Waals surface area contributed by atoms with E-state index in [-0.39, 0.29) is 10.3 Å². The normalized spacial score (nSPS) is 8.28. The van der Waals surface area contributed by atoms with Gasteiger partial charge in [0.25, 0.3) is 10.3 Å². The Hall–Kier alpha value is -1.13. The second-order valence-electron chi connectivity index (χ2n) is 1.96. The number of nitrogens with zero attached hydrogens (tertiary/aromatic N) is 1. The van der Waals surface area contributed by atoms with Crippen LogP contribution in [-0.2, 0) is 9.47 Å². The maximum absolute atomic E-state index is 8.09. The second-order valence-corrected chi connectivity index (χ2v) is 2.77. The molecule has 0 radical (unpaired) electrons. The van der Waals surface area contributed by atoms with Crippen LogP contribution in [0.5, 0.6) is 0 Å². The smallest absolute Gasteiger partial charge is 0.255 e. The Kier molecular flexibility index (Phi) is 35.5. The van der Waals surface area contributed by atoms with E-state index in [1.165, 1.54) is 0 Å². The maximum atomic E-state index is 8.09. The third kappa shape index (κ3) is 46.2. The molecule has 0 aliphatic carbocycles. The largest absolute Gasteiger partial charge is 0.472 e. The van der Waals surface area contributed by atoms with E-state index in [1.807, 2.05) is 34.6 Å². The minimum Gasteiger partial charge on any atom is -0.472 e. The van der Waals surface area contributed by atoms with Crippen molar-refractivity contribution in [1.82, 2.24) is 0 Å². The van der Waals surface area contributed by atoms with Gasteiger partial charge in [-0.25, -0.2) is 0 Å². The van der Waals surface area contributed by atoms with Gasteiger partial charge in [0.05, 0.1) is 6.61 Å². The molecular weight excluding hydrogens is 270 g/mol. The van der Waals surface area contributed by atoms with Crippen molar-refractivity contribution in [2.45, 2.75) is 47.6 Å². The molecule has 1 unspecified atom stereocenters. The molecule has 0 aromatic rings. The van der Waals surface area contributed by atoms with Crippen LogP contribution in [0.3, 0.4) is 0 Å². The van der Waals surface area contributed by atoms with Gasteiger partial charge in [-0.15, -0.1) is 0 Å². The van der Waals surface area contributed by atoms with Crippen molar-refractivity contribution < 1.29 is 9.47 Å². The molecule has 0 amide bonds. The molecule has 0 rings (SSSR count). The Bertz CT molecular complexity index is 231. The Labute approximate surface area is 121 Å². The Morgan fingerprint density at radius 2 is 1.56 bits per heavy atom. The molecule has 108 valence electrons. The van der Waals surface area contributed by atoms with Crippen LogP contribution in [-0.4, -0.2) is 23.1 Å². The fourth-order valence-electron chi connectivity index (χ4n) is 0.343. The van der Waals surface area contributed by atoms with Crippen molar-refractivity contribution in [3.8, 4) is 6.07 Å². The lowest BCUT2D eigenvalue weighted by Crippen LogP contribution is -2.18. The van der Waals surface area contributed by atoms with Crippen molar-refractivity contribution >= 4 is 34.8 Å². The number of ether oxygens (including phenoxy) is 2. The molecule has 0 saturated heterocycles. The van der Waals surface area contributed by atoms with Crippen molar-refractivity contribution in [1.29, 1.82) is 5.26 Å². The number of thiocarbonyl (C=S) groups is 2. The topological polar surface area (TPSA) is 94.3 Å². The molecule has 4 N–H and O–H groups in total. The molecule has 7 heteroatoms. The summed E-state index contributed by atoms with van der Waals surface area (Å²) in [4.78, 5) is 0. The fraction of sp³-hybridized carbons (Fsp3) is 0.727. The van der Waals surface area contributed by atoms with Crippen LogP contribution in [0.2, 0.25) is 0 Å². The van der Waals surface area contributed by atoms with Gasteiger partial charge in [0.15, 0.2) is 6.10 Å². The molecule has 0 saturated carbocycles. The predicted molar refractivity (Wildman–Crippen MR) is 84.1 cm³/mol. The molecule has 0 heterocycles. The SMILES string of the molecule is CC.CC.CC(C#N)OC(N)=S.CCOC(N)=S. The van der Waals surface area contributed by atoms with E-state index in [9.17, 15) is 0 Å². The fourth-order valence-corrected chi connectivity index (χ4v) is 0.605. The molecule has 0 aromatic carbocycles. The zero-order valence-corrected chi connectivity index (χ0v) is 13.7. The lowest BCUT2D eigenvalue weighted by atomic mass is 10.5. The molecule has 0 fully saturated rings. The summed E-state index contributed by atoms with van der Waals surface area (Å²) in [6.07, 6.45) is -0.535. The van der Waals surface area contributed by atoms with Crippen LogP contribution in [0.4, 0.5) is 0 Å². The van der Waals surface area contributed by atoms with Crippen LogP contribution in [0.25, 0.3) is 0 Å². The highest BCUT2D eigenvalue weighted by Crippen LogP contribution is 1.85. The van der Waals surface area contributed by atoms with Crippen molar-refractivity contribution in [2.24, 2.45) is 11.5 Å². The third-order valence-electron chi connectivity index (χ3n) is 0.761. The Balaban J connectivity index is -0.0000000869. The highest BCUT2D eigenvalue weighted by atomic mass is 32.1. The van der Waals surface area contributed by atoms with Gasteiger partial charge in [0.1, 0.15) is 6.07 Å². The van der Waals surface area contributed by atoms with Crippen LogP contribution in [0.1, 0.15) is 41.5 Å². The highest BCUT2D eigenvalue weighted by molar-refractivity contribution is 7.80. The molecule has 1 atom stereocenters. The van der Waals surface area contributed by atoms with Crippen LogP contribution in [0, 0.1) is 11.3 Å².